The van der Waals surface area contributed by atoms with Gasteiger partial charge in [0.2, 0.25) is 0 Å². The summed E-state index contributed by atoms with van der Waals surface area (Å²) in [5.41, 5.74) is 4.44. The number of carbonyl (C=O) groups excluding carboxylic acids is 1. The van der Waals surface area contributed by atoms with E-state index in [0.29, 0.717) is 5.75 Å². The van der Waals surface area contributed by atoms with E-state index in [0.717, 1.165) is 27.8 Å². The van der Waals surface area contributed by atoms with Gasteiger partial charge in [-0.15, -0.1) is 0 Å². The molecule has 0 saturated heterocycles. The molecule has 0 bridgehead atoms. The average Bonchev–Trinajstić information content (AvgIpc) is 2.93. The molecule has 4 aromatic rings. The normalized spacial score (nSPS) is 10.8. The van der Waals surface area contributed by atoms with Gasteiger partial charge < -0.3 is 9.99 Å². The van der Waals surface area contributed by atoms with Crippen LogP contribution in [-0.2, 0) is 9.99 Å². The molecule has 4 aromatic carbocycles. The summed E-state index contributed by atoms with van der Waals surface area (Å²) in [6.45, 7) is 12.2. The van der Waals surface area contributed by atoms with Gasteiger partial charge in [-0.05, 0) is 48.5 Å². The van der Waals surface area contributed by atoms with Crippen LogP contribution >= 0.6 is 0 Å². The number of ketones is 1. The summed E-state index contributed by atoms with van der Waals surface area (Å²) >= 11 is 0. The Labute approximate surface area is 221 Å². The van der Waals surface area contributed by atoms with Crippen molar-refractivity contribution in [1.82, 2.24) is 0 Å². The molecule has 0 aliphatic rings. The van der Waals surface area contributed by atoms with Gasteiger partial charge in [-0.2, -0.15) is 0 Å². The maximum atomic E-state index is 11.8. The Bertz CT molecular complexity index is 1260. The van der Waals surface area contributed by atoms with Crippen molar-refractivity contribution in [1.29, 1.82) is 0 Å². The molecule has 1 radical (unpaired) electrons. The van der Waals surface area contributed by atoms with Crippen LogP contribution in [0.3, 0.4) is 0 Å². The zero-order chi connectivity index (χ0) is 26.8. The number of hydrogen-bond donors (Lipinski definition) is 1. The summed E-state index contributed by atoms with van der Waals surface area (Å²) in [6, 6.07) is 31.9. The summed E-state index contributed by atoms with van der Waals surface area (Å²) in [6.07, 6.45) is 1.77. The molecule has 0 saturated carbocycles. The largest absolute Gasteiger partial charge is 0.508 e. The first kappa shape index (κ1) is 27.7. The van der Waals surface area contributed by atoms with Crippen molar-refractivity contribution < 1.29 is 19.4 Å². The smallest absolute Gasteiger partial charge is 0.271 e. The zero-order valence-corrected chi connectivity index (χ0v) is 22.8. The van der Waals surface area contributed by atoms with Gasteiger partial charge in [0.1, 0.15) is 5.75 Å². The minimum Gasteiger partial charge on any atom is -0.508 e. The maximum absolute atomic E-state index is 11.8. The maximum Gasteiger partial charge on any atom is 0.271 e. The molecule has 0 aromatic heterocycles. The van der Waals surface area contributed by atoms with Crippen LogP contribution in [0.2, 0.25) is 13.1 Å². The fourth-order valence-corrected chi connectivity index (χ4v) is 3.95. The lowest BCUT2D eigenvalue weighted by atomic mass is 9.77. The van der Waals surface area contributed by atoms with Crippen molar-refractivity contribution in [2.75, 3.05) is 0 Å². The molecule has 37 heavy (non-hydrogen) atoms. The number of rotatable bonds is 8. The highest BCUT2D eigenvalue weighted by atomic mass is 28.3. The molecular weight excluding hydrogens is 476 g/mol. The topological polar surface area (TPSA) is 55.8 Å². The monoisotopic (exact) mass is 509 g/mol. The Morgan fingerprint density at radius 2 is 1.32 bits per heavy atom. The summed E-state index contributed by atoms with van der Waals surface area (Å²) in [4.78, 5) is 17.3. The lowest BCUT2D eigenvalue weighted by Crippen LogP contribution is -2.19. The molecule has 5 heteroatoms. The number of aromatic hydroxyl groups is 1. The van der Waals surface area contributed by atoms with Gasteiger partial charge in [-0.25, -0.2) is 4.58 Å². The van der Waals surface area contributed by atoms with Crippen molar-refractivity contribution in [2.45, 2.75) is 32.4 Å². The molecule has 0 atom stereocenters. The quantitative estimate of drug-likeness (QED) is 0.114. The van der Waals surface area contributed by atoms with Crippen molar-refractivity contribution in [3.63, 3.8) is 0 Å². The van der Waals surface area contributed by atoms with Crippen molar-refractivity contribution in [2.24, 2.45) is 0 Å². The Kier molecular flexibility index (Phi) is 9.61. The molecule has 0 spiro atoms. The van der Waals surface area contributed by atoms with Crippen LogP contribution in [-0.4, -0.2) is 19.9 Å². The van der Waals surface area contributed by atoms with E-state index in [1.54, 1.807) is 18.2 Å². The number of carbonyl (C=O) groups is 1. The van der Waals surface area contributed by atoms with Crippen LogP contribution < -0.4 is 4.89 Å². The number of phenolic OH excluding ortho intramolecular Hbond substituents is 1. The van der Waals surface area contributed by atoms with Crippen LogP contribution in [0.4, 0.5) is 0 Å². The highest BCUT2D eigenvalue weighted by Crippen LogP contribution is 2.35. The second-order valence-corrected chi connectivity index (χ2v) is 11.2. The molecule has 0 heterocycles. The van der Waals surface area contributed by atoms with Crippen molar-refractivity contribution in [3.05, 3.63) is 138 Å². The fraction of sp³-hybridized carbons (Fsp3) is 0.156. The Morgan fingerprint density at radius 1 is 0.811 bits per heavy atom. The van der Waals surface area contributed by atoms with Gasteiger partial charge in [-0.1, -0.05) is 105 Å². The number of phenols is 1. The van der Waals surface area contributed by atoms with E-state index in [1.165, 1.54) is 0 Å². The molecule has 1 N–H and O–H groups in total. The summed E-state index contributed by atoms with van der Waals surface area (Å²) in [5, 5.41) is 9.47. The first-order valence-electron chi connectivity index (χ1n) is 12.1. The first-order valence-corrected chi connectivity index (χ1v) is 14.5. The first-order chi connectivity index (χ1) is 17.7. The van der Waals surface area contributed by atoms with E-state index in [2.05, 4.69) is 26.5 Å². The van der Waals surface area contributed by atoms with Crippen LogP contribution in [0.25, 0.3) is 6.08 Å². The molecule has 0 fully saturated rings. The van der Waals surface area contributed by atoms with Crippen molar-refractivity contribution in [3.8, 4) is 11.5 Å². The van der Waals surface area contributed by atoms with Gasteiger partial charge in [0.15, 0.2) is 11.5 Å². The molecule has 4 nitrogen and oxygen atoms in total. The third-order valence-corrected chi connectivity index (χ3v) is 6.33. The second kappa shape index (κ2) is 12.9. The lowest BCUT2D eigenvalue weighted by molar-refractivity contribution is -0.104. The molecule has 0 aliphatic heterocycles. The third kappa shape index (κ3) is 7.53. The molecule has 0 amide bonds. The fourth-order valence-electron chi connectivity index (χ4n) is 3.69. The SMILES string of the molecule is C=Cc1cc(C(C)(C)c2ccc(O)cc2)ccc1OO[Si](C)C.O=C(c1ccccc1)c1ccccc1. The van der Waals surface area contributed by atoms with E-state index in [9.17, 15) is 9.90 Å². The van der Waals surface area contributed by atoms with Gasteiger partial charge in [0.05, 0.1) is 0 Å². The van der Waals surface area contributed by atoms with Crippen LogP contribution in [0.1, 0.15) is 46.5 Å². The van der Waals surface area contributed by atoms with E-state index in [4.69, 9.17) is 9.46 Å². The minimum atomic E-state index is -0.922. The highest BCUT2D eigenvalue weighted by molar-refractivity contribution is 6.48. The van der Waals surface area contributed by atoms with E-state index >= 15 is 0 Å². The Hall–Kier alpha value is -3.93. The highest BCUT2D eigenvalue weighted by Gasteiger charge is 2.24. The summed E-state index contributed by atoms with van der Waals surface area (Å²) in [7, 11) is -0.922. The predicted octanol–water partition coefficient (Wildman–Crippen LogP) is 7.84. The second-order valence-electron chi connectivity index (χ2n) is 9.26. The Morgan fingerprint density at radius 3 is 1.81 bits per heavy atom. The summed E-state index contributed by atoms with van der Waals surface area (Å²) in [5.74, 6) is 1.02. The molecule has 189 valence electrons. The zero-order valence-electron chi connectivity index (χ0n) is 21.8. The number of hydrogen-bond acceptors (Lipinski definition) is 4. The Balaban J connectivity index is 0.000000231. The standard InChI is InChI=1S/C19H23O3Si.C13H10O/c1-6-14-13-16(9-12-18(14)21-22-23(4)5)19(2,3)15-7-10-17(20)11-8-15;14-13(11-7-3-1-4-8-11)12-9-5-2-6-10-12/h6-13,20H,1H2,2-5H3;1-10H. The molecule has 0 unspecified atom stereocenters. The minimum absolute atomic E-state index is 0.0752. The predicted molar refractivity (Wildman–Crippen MR) is 152 cm³/mol. The molecule has 0 aliphatic carbocycles. The van der Waals surface area contributed by atoms with Gasteiger partial charge in [0, 0.05) is 22.1 Å². The van der Waals surface area contributed by atoms with E-state index < -0.39 is 9.04 Å². The van der Waals surface area contributed by atoms with Gasteiger partial charge in [0.25, 0.3) is 9.04 Å². The molecular formula is C32H33O4Si. The molecule has 4 rings (SSSR count). The van der Waals surface area contributed by atoms with Gasteiger partial charge in [-0.3, -0.25) is 4.79 Å². The van der Waals surface area contributed by atoms with E-state index in [-0.39, 0.29) is 16.9 Å². The van der Waals surface area contributed by atoms with Crippen molar-refractivity contribution >= 4 is 20.9 Å². The lowest BCUT2D eigenvalue weighted by Gasteiger charge is -2.27. The van der Waals surface area contributed by atoms with Crippen LogP contribution in [0.15, 0.2) is 110 Å². The number of benzene rings is 4. The van der Waals surface area contributed by atoms with Gasteiger partial charge >= 0.3 is 0 Å². The van der Waals surface area contributed by atoms with Crippen LogP contribution in [0, 0.1) is 0 Å². The average molecular weight is 510 g/mol. The summed E-state index contributed by atoms with van der Waals surface area (Å²) < 4.78 is 5.32. The van der Waals surface area contributed by atoms with E-state index in [1.807, 2.05) is 98.0 Å². The van der Waals surface area contributed by atoms with Crippen LogP contribution in [0.5, 0.6) is 11.5 Å². The third-order valence-electron chi connectivity index (χ3n) is 5.91.